The molecular formula is C24H20Cl4N2O4. The summed E-state index contributed by atoms with van der Waals surface area (Å²) in [4.78, 5) is 25.1. The first-order valence-corrected chi connectivity index (χ1v) is 11.6. The molecule has 6 nitrogen and oxygen atoms in total. The van der Waals surface area contributed by atoms with Crippen LogP contribution in [0.3, 0.4) is 0 Å². The molecule has 10 heteroatoms. The van der Waals surface area contributed by atoms with Crippen molar-refractivity contribution in [3.8, 4) is 11.5 Å². The Morgan fingerprint density at radius 2 is 1.09 bits per heavy atom. The van der Waals surface area contributed by atoms with Gasteiger partial charge >= 0.3 is 0 Å². The van der Waals surface area contributed by atoms with Gasteiger partial charge in [-0.25, -0.2) is 0 Å². The molecule has 0 heterocycles. The molecule has 0 saturated carbocycles. The minimum Gasteiger partial charge on any atom is -0.479 e. The van der Waals surface area contributed by atoms with Gasteiger partial charge in [0.05, 0.1) is 10.0 Å². The normalized spacial score (nSPS) is 12.4. The molecule has 3 aromatic carbocycles. The zero-order valence-electron chi connectivity index (χ0n) is 18.1. The summed E-state index contributed by atoms with van der Waals surface area (Å²) in [6.45, 7) is 3.18. The number of amides is 2. The lowest BCUT2D eigenvalue weighted by Crippen LogP contribution is -2.31. The molecule has 3 aromatic rings. The fraction of sp³-hybridized carbons (Fsp3) is 0.167. The molecule has 0 aliphatic carbocycles. The van der Waals surface area contributed by atoms with E-state index in [0.717, 1.165) is 0 Å². The quantitative estimate of drug-likeness (QED) is 0.318. The van der Waals surface area contributed by atoms with Crippen molar-refractivity contribution < 1.29 is 19.1 Å². The van der Waals surface area contributed by atoms with Crippen LogP contribution in [0.1, 0.15) is 13.8 Å². The van der Waals surface area contributed by atoms with Crippen LogP contribution in [0.5, 0.6) is 11.5 Å². The van der Waals surface area contributed by atoms with Crippen molar-refractivity contribution in [3.63, 3.8) is 0 Å². The van der Waals surface area contributed by atoms with Crippen LogP contribution in [0.2, 0.25) is 20.1 Å². The Morgan fingerprint density at radius 1 is 0.676 bits per heavy atom. The van der Waals surface area contributed by atoms with E-state index in [1.807, 2.05) is 0 Å². The number of hydrogen-bond acceptors (Lipinski definition) is 4. The highest BCUT2D eigenvalue weighted by atomic mass is 35.5. The standard InChI is InChI=1S/C24H20Cl4N2O4/c1-13(33-21-8-6-15(25)10-19(21)27)23(31)29-17-4-3-5-18(12-17)30-24(32)14(2)34-22-9-7-16(26)11-20(22)28/h3-14H,1-2H3,(H,29,31)(H,30,32)/t13-,14+. The zero-order chi connectivity index (χ0) is 24.8. The molecule has 0 spiro atoms. The van der Waals surface area contributed by atoms with Crippen molar-refractivity contribution in [1.29, 1.82) is 0 Å². The molecule has 0 bridgehead atoms. The molecule has 0 fully saturated rings. The Morgan fingerprint density at radius 3 is 1.47 bits per heavy atom. The number of benzene rings is 3. The van der Waals surface area contributed by atoms with E-state index < -0.39 is 24.0 Å². The molecule has 0 aromatic heterocycles. The minimum absolute atomic E-state index is 0.299. The third-order valence-electron chi connectivity index (χ3n) is 4.53. The average molecular weight is 542 g/mol. The number of nitrogens with one attached hydrogen (secondary N) is 2. The third kappa shape index (κ3) is 7.18. The summed E-state index contributed by atoms with van der Waals surface area (Å²) >= 11 is 23.9. The minimum atomic E-state index is -0.838. The van der Waals surface area contributed by atoms with Crippen LogP contribution < -0.4 is 20.1 Å². The average Bonchev–Trinajstić information content (AvgIpc) is 2.77. The second kappa shape index (κ2) is 11.7. The number of rotatable bonds is 8. The van der Waals surface area contributed by atoms with Gasteiger partial charge in [0.15, 0.2) is 12.2 Å². The number of hydrogen-bond donors (Lipinski definition) is 2. The van der Waals surface area contributed by atoms with E-state index in [1.165, 1.54) is 12.1 Å². The lowest BCUT2D eigenvalue weighted by atomic mass is 10.2. The van der Waals surface area contributed by atoms with Crippen LogP contribution in [0.15, 0.2) is 60.7 Å². The predicted molar refractivity (Wildman–Crippen MR) is 137 cm³/mol. The molecule has 2 N–H and O–H groups in total. The fourth-order valence-corrected chi connectivity index (χ4v) is 3.70. The highest BCUT2D eigenvalue weighted by Crippen LogP contribution is 2.29. The lowest BCUT2D eigenvalue weighted by Gasteiger charge is -2.17. The number of carbonyl (C=O) groups excluding carboxylic acids is 2. The van der Waals surface area contributed by atoms with E-state index in [-0.39, 0.29) is 0 Å². The molecule has 0 saturated heterocycles. The summed E-state index contributed by atoms with van der Waals surface area (Å²) in [6.07, 6.45) is -1.68. The van der Waals surface area contributed by atoms with Gasteiger partial charge in [0.1, 0.15) is 11.5 Å². The van der Waals surface area contributed by atoms with Crippen LogP contribution >= 0.6 is 46.4 Å². The molecule has 178 valence electrons. The lowest BCUT2D eigenvalue weighted by molar-refractivity contribution is -0.122. The Labute approximate surface area is 217 Å². The van der Waals surface area contributed by atoms with Crippen LogP contribution in [0, 0.1) is 0 Å². The van der Waals surface area contributed by atoms with Gasteiger partial charge in [-0.05, 0) is 68.4 Å². The van der Waals surface area contributed by atoms with Gasteiger partial charge in [0.2, 0.25) is 0 Å². The second-order valence-corrected chi connectivity index (χ2v) is 8.92. The van der Waals surface area contributed by atoms with Crippen molar-refractivity contribution in [2.75, 3.05) is 10.6 Å². The molecule has 0 aliphatic rings. The van der Waals surface area contributed by atoms with Gasteiger partial charge in [0.25, 0.3) is 11.8 Å². The Balaban J connectivity index is 1.59. The van der Waals surface area contributed by atoms with E-state index >= 15 is 0 Å². The highest BCUT2D eigenvalue weighted by Gasteiger charge is 2.19. The van der Waals surface area contributed by atoms with Gasteiger partial charge in [-0.15, -0.1) is 0 Å². The summed E-state index contributed by atoms with van der Waals surface area (Å²) < 4.78 is 11.3. The van der Waals surface area contributed by atoms with Crippen molar-refractivity contribution in [2.45, 2.75) is 26.1 Å². The van der Waals surface area contributed by atoms with E-state index in [1.54, 1.807) is 62.4 Å². The SMILES string of the molecule is C[C@H](Oc1ccc(Cl)cc1Cl)C(=O)Nc1cccc(NC(=O)[C@@H](C)Oc2ccc(Cl)cc2Cl)c1. The van der Waals surface area contributed by atoms with E-state index in [2.05, 4.69) is 10.6 Å². The second-order valence-electron chi connectivity index (χ2n) is 7.23. The Hall–Kier alpha value is -2.64. The molecule has 2 atom stereocenters. The first-order valence-electron chi connectivity index (χ1n) is 10.1. The van der Waals surface area contributed by atoms with Crippen molar-refractivity contribution in [3.05, 3.63) is 80.8 Å². The van der Waals surface area contributed by atoms with Gasteiger partial charge < -0.3 is 20.1 Å². The van der Waals surface area contributed by atoms with Gasteiger partial charge in [-0.3, -0.25) is 9.59 Å². The fourth-order valence-electron chi connectivity index (χ4n) is 2.79. The number of ether oxygens (including phenoxy) is 2. The molecule has 2 amide bonds. The smallest absolute Gasteiger partial charge is 0.265 e. The van der Waals surface area contributed by atoms with Gasteiger partial charge in [-0.2, -0.15) is 0 Å². The number of carbonyl (C=O) groups is 2. The van der Waals surface area contributed by atoms with Crippen molar-refractivity contribution in [1.82, 2.24) is 0 Å². The monoisotopic (exact) mass is 540 g/mol. The summed E-state index contributed by atoms with van der Waals surface area (Å²) in [5, 5.41) is 7.01. The summed E-state index contributed by atoms with van der Waals surface area (Å²) in [5.41, 5.74) is 0.935. The first-order chi connectivity index (χ1) is 16.1. The molecule has 34 heavy (non-hydrogen) atoms. The van der Waals surface area contributed by atoms with E-state index in [0.29, 0.717) is 43.0 Å². The molecule has 0 unspecified atom stereocenters. The topological polar surface area (TPSA) is 76.7 Å². The van der Waals surface area contributed by atoms with E-state index in [9.17, 15) is 9.59 Å². The largest absolute Gasteiger partial charge is 0.479 e. The Bertz CT molecular complexity index is 1120. The summed E-state index contributed by atoms with van der Waals surface area (Å²) in [7, 11) is 0. The summed E-state index contributed by atoms with van der Waals surface area (Å²) in [5.74, 6) is -0.124. The first kappa shape index (κ1) is 26.0. The maximum absolute atomic E-state index is 12.6. The third-order valence-corrected chi connectivity index (χ3v) is 5.59. The Kier molecular flexibility index (Phi) is 8.91. The number of anilines is 2. The maximum Gasteiger partial charge on any atom is 0.265 e. The molecule has 0 aliphatic heterocycles. The van der Waals surface area contributed by atoms with Crippen LogP contribution in [0.4, 0.5) is 11.4 Å². The van der Waals surface area contributed by atoms with Gasteiger partial charge in [0, 0.05) is 21.4 Å². The van der Waals surface area contributed by atoms with E-state index in [4.69, 9.17) is 55.9 Å². The maximum atomic E-state index is 12.6. The van der Waals surface area contributed by atoms with Crippen LogP contribution in [0.25, 0.3) is 0 Å². The summed E-state index contributed by atoms with van der Waals surface area (Å²) in [6, 6.07) is 16.1. The van der Waals surface area contributed by atoms with Crippen molar-refractivity contribution >= 4 is 69.6 Å². The molecule has 0 radical (unpaired) electrons. The molecule has 3 rings (SSSR count). The zero-order valence-corrected chi connectivity index (χ0v) is 21.1. The van der Waals surface area contributed by atoms with Crippen LogP contribution in [-0.4, -0.2) is 24.0 Å². The molecular weight excluding hydrogens is 522 g/mol. The predicted octanol–water partition coefficient (Wildman–Crippen LogP) is 7.11. The van der Waals surface area contributed by atoms with Gasteiger partial charge in [-0.1, -0.05) is 52.5 Å². The van der Waals surface area contributed by atoms with Crippen LogP contribution in [-0.2, 0) is 9.59 Å². The highest BCUT2D eigenvalue weighted by molar-refractivity contribution is 6.36. The van der Waals surface area contributed by atoms with Crippen molar-refractivity contribution in [2.24, 2.45) is 0 Å². The number of halogens is 4.